The minimum Gasteiger partial charge on any atom is -0.456 e. The zero-order valence-corrected chi connectivity index (χ0v) is 27.5. The third-order valence-corrected chi connectivity index (χ3v) is 9.67. The fraction of sp³-hybridized carbons (Fsp3) is 0. The smallest absolute Gasteiger partial charge is 0.227 e. The molecule has 0 radical (unpaired) electrons. The molecule has 0 aliphatic carbocycles. The van der Waals surface area contributed by atoms with Crippen molar-refractivity contribution < 1.29 is 8.83 Å². The minimum atomic E-state index is 0.617. The predicted molar refractivity (Wildman–Crippen MR) is 210 cm³/mol. The van der Waals surface area contributed by atoms with Gasteiger partial charge >= 0.3 is 0 Å². The molecule has 2 heterocycles. The molecular formula is C47H30N2O2. The molecule has 0 aliphatic rings. The Morgan fingerprint density at radius 3 is 1.75 bits per heavy atom. The Morgan fingerprint density at radius 1 is 0.392 bits per heavy atom. The van der Waals surface area contributed by atoms with Crippen LogP contribution in [0.1, 0.15) is 0 Å². The number of furan rings is 1. The molecule has 51 heavy (non-hydrogen) atoms. The minimum absolute atomic E-state index is 0.617. The van der Waals surface area contributed by atoms with Gasteiger partial charge < -0.3 is 13.7 Å². The summed E-state index contributed by atoms with van der Waals surface area (Å²) in [5.74, 6) is 0.617. The van der Waals surface area contributed by atoms with Crippen LogP contribution in [-0.2, 0) is 0 Å². The van der Waals surface area contributed by atoms with E-state index in [4.69, 9.17) is 13.8 Å². The Balaban J connectivity index is 1.11. The molecule has 0 aliphatic heterocycles. The number of oxazole rings is 1. The fourth-order valence-corrected chi connectivity index (χ4v) is 7.27. The Bertz CT molecular complexity index is 2800. The Hall–Kier alpha value is -6.91. The van der Waals surface area contributed by atoms with Gasteiger partial charge in [-0.1, -0.05) is 103 Å². The van der Waals surface area contributed by atoms with E-state index in [0.29, 0.717) is 5.89 Å². The van der Waals surface area contributed by atoms with Crippen LogP contribution in [0, 0.1) is 0 Å². The van der Waals surface area contributed by atoms with E-state index in [0.717, 1.165) is 88.7 Å². The van der Waals surface area contributed by atoms with Gasteiger partial charge in [-0.25, -0.2) is 4.98 Å². The number of aromatic nitrogens is 1. The van der Waals surface area contributed by atoms with Gasteiger partial charge in [-0.05, 0) is 106 Å². The monoisotopic (exact) mass is 654 g/mol. The maximum Gasteiger partial charge on any atom is 0.227 e. The summed E-state index contributed by atoms with van der Waals surface area (Å²) < 4.78 is 12.8. The van der Waals surface area contributed by atoms with Crippen molar-refractivity contribution in [3.8, 4) is 33.7 Å². The summed E-state index contributed by atoms with van der Waals surface area (Å²) >= 11 is 0. The SMILES string of the molecule is c1ccc(-c2nc3cc(-c4c5ccccc5cc5oc6ccc(-c7ccc(N(c8ccccc8)c8ccccc8)cc7)cc6c45)ccc3o2)cc1. The molecular weight excluding hydrogens is 625 g/mol. The number of benzene rings is 8. The van der Waals surface area contributed by atoms with Crippen molar-refractivity contribution in [2.75, 3.05) is 4.90 Å². The summed E-state index contributed by atoms with van der Waals surface area (Å²) in [5.41, 5.74) is 12.0. The maximum absolute atomic E-state index is 6.57. The Labute approximate surface area is 294 Å². The van der Waals surface area contributed by atoms with E-state index in [9.17, 15) is 0 Å². The van der Waals surface area contributed by atoms with E-state index < -0.39 is 0 Å². The number of hydrogen-bond acceptors (Lipinski definition) is 4. The third kappa shape index (κ3) is 5.04. The van der Waals surface area contributed by atoms with Crippen molar-refractivity contribution in [1.82, 2.24) is 4.98 Å². The molecule has 0 saturated heterocycles. The van der Waals surface area contributed by atoms with E-state index in [1.54, 1.807) is 0 Å². The summed E-state index contributed by atoms with van der Waals surface area (Å²) in [5, 5.41) is 4.46. The first kappa shape index (κ1) is 29.0. The summed E-state index contributed by atoms with van der Waals surface area (Å²) in [4.78, 5) is 7.18. The lowest BCUT2D eigenvalue weighted by atomic mass is 9.92. The van der Waals surface area contributed by atoms with Gasteiger partial charge in [-0.2, -0.15) is 0 Å². The van der Waals surface area contributed by atoms with E-state index >= 15 is 0 Å². The van der Waals surface area contributed by atoms with E-state index in [-0.39, 0.29) is 0 Å². The maximum atomic E-state index is 6.57. The van der Waals surface area contributed by atoms with Crippen LogP contribution in [0.25, 0.3) is 77.5 Å². The average Bonchev–Trinajstić information content (AvgIpc) is 3.79. The normalized spacial score (nSPS) is 11.5. The summed E-state index contributed by atoms with van der Waals surface area (Å²) in [6, 6.07) is 63.3. The molecule has 240 valence electrons. The van der Waals surface area contributed by atoms with E-state index in [2.05, 4.69) is 138 Å². The molecule has 10 rings (SSSR count). The van der Waals surface area contributed by atoms with Crippen molar-refractivity contribution in [3.05, 3.63) is 182 Å². The van der Waals surface area contributed by atoms with Crippen molar-refractivity contribution in [2.24, 2.45) is 0 Å². The number of nitrogens with zero attached hydrogens (tertiary/aromatic N) is 2. The average molecular weight is 655 g/mol. The molecule has 0 fully saturated rings. The molecule has 0 bridgehead atoms. The van der Waals surface area contributed by atoms with Crippen LogP contribution in [0.15, 0.2) is 191 Å². The molecule has 8 aromatic carbocycles. The Morgan fingerprint density at radius 2 is 1.00 bits per heavy atom. The van der Waals surface area contributed by atoms with Gasteiger partial charge in [-0.3, -0.25) is 0 Å². The standard InChI is InChI=1S/C47H30N2O2/c1-4-12-32(13-5-1)47-48-41-29-35(23-27-43(41)51-47)45-39-19-11-10-14-34(39)30-44-46(45)40-28-33(22-26-42(40)50-44)31-20-24-38(25-21-31)49(36-15-6-2-7-16-36)37-17-8-3-9-18-37/h1-30H. The summed E-state index contributed by atoms with van der Waals surface area (Å²) in [6.07, 6.45) is 0. The van der Waals surface area contributed by atoms with Crippen molar-refractivity contribution in [3.63, 3.8) is 0 Å². The lowest BCUT2D eigenvalue weighted by Gasteiger charge is -2.25. The van der Waals surface area contributed by atoms with Crippen LogP contribution < -0.4 is 4.90 Å². The van der Waals surface area contributed by atoms with Crippen molar-refractivity contribution in [2.45, 2.75) is 0 Å². The molecule has 4 nitrogen and oxygen atoms in total. The van der Waals surface area contributed by atoms with Gasteiger partial charge in [0.1, 0.15) is 16.7 Å². The third-order valence-electron chi connectivity index (χ3n) is 9.67. The van der Waals surface area contributed by atoms with E-state index in [1.807, 2.05) is 48.5 Å². The number of hydrogen-bond donors (Lipinski definition) is 0. The lowest BCUT2D eigenvalue weighted by molar-refractivity contribution is 0.620. The first-order valence-electron chi connectivity index (χ1n) is 17.1. The molecule has 10 aromatic rings. The first-order chi connectivity index (χ1) is 25.3. The molecule has 2 aromatic heterocycles. The van der Waals surface area contributed by atoms with Gasteiger partial charge in [0.05, 0.1) is 0 Å². The molecule has 0 atom stereocenters. The summed E-state index contributed by atoms with van der Waals surface area (Å²) in [7, 11) is 0. The van der Waals surface area contributed by atoms with Gasteiger partial charge in [0, 0.05) is 39.0 Å². The highest BCUT2D eigenvalue weighted by Crippen LogP contribution is 2.44. The zero-order valence-electron chi connectivity index (χ0n) is 27.5. The van der Waals surface area contributed by atoms with Gasteiger partial charge in [-0.15, -0.1) is 0 Å². The van der Waals surface area contributed by atoms with Gasteiger partial charge in [0.25, 0.3) is 0 Å². The number of anilines is 3. The number of fused-ring (bicyclic) bond motifs is 5. The fourth-order valence-electron chi connectivity index (χ4n) is 7.27. The molecule has 0 spiro atoms. The highest BCUT2D eigenvalue weighted by molar-refractivity contribution is 6.21. The largest absolute Gasteiger partial charge is 0.456 e. The number of para-hydroxylation sites is 2. The molecule has 0 saturated carbocycles. The second-order valence-corrected chi connectivity index (χ2v) is 12.8. The molecule has 0 amide bonds. The highest BCUT2D eigenvalue weighted by Gasteiger charge is 2.19. The van der Waals surface area contributed by atoms with Gasteiger partial charge in [0.2, 0.25) is 5.89 Å². The van der Waals surface area contributed by atoms with Crippen LogP contribution >= 0.6 is 0 Å². The lowest BCUT2D eigenvalue weighted by Crippen LogP contribution is -2.09. The molecule has 4 heteroatoms. The predicted octanol–water partition coefficient (Wildman–Crippen LogP) is 13.4. The van der Waals surface area contributed by atoms with Crippen LogP contribution in [0.4, 0.5) is 17.1 Å². The van der Waals surface area contributed by atoms with Crippen LogP contribution in [-0.4, -0.2) is 4.98 Å². The summed E-state index contributed by atoms with van der Waals surface area (Å²) in [6.45, 7) is 0. The second-order valence-electron chi connectivity index (χ2n) is 12.8. The zero-order chi connectivity index (χ0) is 33.7. The van der Waals surface area contributed by atoms with Gasteiger partial charge in [0.15, 0.2) is 5.58 Å². The Kier molecular flexibility index (Phi) is 6.78. The van der Waals surface area contributed by atoms with Crippen molar-refractivity contribution in [1.29, 1.82) is 0 Å². The highest BCUT2D eigenvalue weighted by atomic mass is 16.3. The topological polar surface area (TPSA) is 42.4 Å². The van der Waals surface area contributed by atoms with Crippen molar-refractivity contribution >= 4 is 60.9 Å². The quantitative estimate of drug-likeness (QED) is 0.179. The van der Waals surface area contributed by atoms with Crippen LogP contribution in [0.5, 0.6) is 0 Å². The number of rotatable bonds is 6. The first-order valence-corrected chi connectivity index (χ1v) is 17.1. The molecule has 0 N–H and O–H groups in total. The van der Waals surface area contributed by atoms with E-state index in [1.165, 1.54) is 0 Å². The van der Waals surface area contributed by atoms with Crippen LogP contribution in [0.2, 0.25) is 0 Å². The van der Waals surface area contributed by atoms with Crippen LogP contribution in [0.3, 0.4) is 0 Å². The second kappa shape index (κ2) is 11.9. The molecule has 0 unspecified atom stereocenters.